The zero-order chi connectivity index (χ0) is 12.0. The van der Waals surface area contributed by atoms with E-state index >= 15 is 0 Å². The van der Waals surface area contributed by atoms with Gasteiger partial charge in [0.25, 0.3) is 0 Å². The molecule has 1 rings (SSSR count). The molecule has 0 aliphatic heterocycles. The van der Waals surface area contributed by atoms with Gasteiger partial charge in [0.05, 0.1) is 0 Å². The number of unbranched alkanes of at least 4 members (excludes halogenated alkanes) is 1. The minimum atomic E-state index is 0.114. The van der Waals surface area contributed by atoms with Gasteiger partial charge in [-0.2, -0.15) is 15.0 Å². The van der Waals surface area contributed by atoms with E-state index in [4.69, 9.17) is 17.3 Å². The summed E-state index contributed by atoms with van der Waals surface area (Å²) >= 11 is 5.64. The van der Waals surface area contributed by atoms with Gasteiger partial charge in [0.15, 0.2) is 0 Å². The third-order valence-electron chi connectivity index (χ3n) is 1.94. The Balaban J connectivity index is 2.26. The van der Waals surface area contributed by atoms with Gasteiger partial charge >= 0.3 is 0 Å². The standard InChI is InChI=1S/C9H17ClN6/c1-16(2)6-4-3-5-12-9-14-7(10)13-8(11)15-9/h3-6H2,1-2H3,(H3,11,12,13,14,15). The number of halogens is 1. The Kier molecular flexibility index (Phi) is 5.21. The summed E-state index contributed by atoms with van der Waals surface area (Å²) in [5.74, 6) is 0.568. The smallest absolute Gasteiger partial charge is 0.228 e. The number of hydrogen-bond donors (Lipinski definition) is 2. The molecule has 0 saturated heterocycles. The minimum Gasteiger partial charge on any atom is -0.368 e. The van der Waals surface area contributed by atoms with Gasteiger partial charge in [-0.25, -0.2) is 0 Å². The van der Waals surface area contributed by atoms with Crippen molar-refractivity contribution in [3.63, 3.8) is 0 Å². The molecule has 90 valence electrons. The van der Waals surface area contributed by atoms with E-state index in [0.29, 0.717) is 5.95 Å². The third kappa shape index (κ3) is 5.09. The molecule has 1 heterocycles. The molecule has 0 aromatic carbocycles. The van der Waals surface area contributed by atoms with Crippen molar-refractivity contribution in [2.45, 2.75) is 12.8 Å². The lowest BCUT2D eigenvalue weighted by atomic mass is 10.3. The van der Waals surface area contributed by atoms with E-state index < -0.39 is 0 Å². The molecule has 0 atom stereocenters. The van der Waals surface area contributed by atoms with Crippen LogP contribution >= 0.6 is 11.6 Å². The van der Waals surface area contributed by atoms with Gasteiger partial charge in [-0.1, -0.05) is 0 Å². The Morgan fingerprint density at radius 1 is 1.25 bits per heavy atom. The van der Waals surface area contributed by atoms with Crippen molar-refractivity contribution < 1.29 is 0 Å². The number of rotatable bonds is 6. The van der Waals surface area contributed by atoms with E-state index in [1.165, 1.54) is 0 Å². The first-order chi connectivity index (χ1) is 7.58. The highest BCUT2D eigenvalue weighted by Crippen LogP contribution is 2.06. The molecule has 0 aliphatic carbocycles. The van der Waals surface area contributed by atoms with Crippen molar-refractivity contribution in [2.75, 3.05) is 38.2 Å². The Morgan fingerprint density at radius 2 is 2.00 bits per heavy atom. The van der Waals surface area contributed by atoms with Gasteiger partial charge in [0.2, 0.25) is 17.2 Å². The first-order valence-electron chi connectivity index (χ1n) is 5.13. The SMILES string of the molecule is CN(C)CCCCNc1nc(N)nc(Cl)n1. The number of nitrogens with zero attached hydrogens (tertiary/aromatic N) is 4. The normalized spacial score (nSPS) is 10.8. The monoisotopic (exact) mass is 244 g/mol. The first-order valence-corrected chi connectivity index (χ1v) is 5.51. The Labute approximate surface area is 100 Å². The van der Waals surface area contributed by atoms with Crippen LogP contribution in [0.1, 0.15) is 12.8 Å². The van der Waals surface area contributed by atoms with Crippen molar-refractivity contribution >= 4 is 23.5 Å². The molecular weight excluding hydrogens is 228 g/mol. The molecule has 1 aromatic heterocycles. The summed E-state index contributed by atoms with van der Waals surface area (Å²) < 4.78 is 0. The fraction of sp³-hybridized carbons (Fsp3) is 0.667. The van der Waals surface area contributed by atoms with Gasteiger partial charge < -0.3 is 16.0 Å². The van der Waals surface area contributed by atoms with E-state index in [0.717, 1.165) is 25.9 Å². The zero-order valence-electron chi connectivity index (χ0n) is 9.57. The summed E-state index contributed by atoms with van der Waals surface area (Å²) in [6, 6.07) is 0. The lowest BCUT2D eigenvalue weighted by molar-refractivity contribution is 0.396. The molecule has 0 spiro atoms. The maximum Gasteiger partial charge on any atom is 0.228 e. The first kappa shape index (κ1) is 12.9. The lowest BCUT2D eigenvalue weighted by Crippen LogP contribution is -2.14. The summed E-state index contributed by atoms with van der Waals surface area (Å²) in [7, 11) is 4.11. The van der Waals surface area contributed by atoms with Crippen LogP contribution in [0.5, 0.6) is 0 Å². The molecule has 0 fully saturated rings. The predicted molar refractivity (Wildman–Crippen MR) is 65.5 cm³/mol. The average Bonchev–Trinajstić information content (AvgIpc) is 2.15. The summed E-state index contributed by atoms with van der Waals surface area (Å²) in [6.45, 7) is 1.87. The van der Waals surface area contributed by atoms with Crippen LogP contribution in [-0.4, -0.2) is 47.0 Å². The highest BCUT2D eigenvalue weighted by Gasteiger charge is 2.01. The molecule has 7 heteroatoms. The number of hydrogen-bond acceptors (Lipinski definition) is 6. The molecule has 0 unspecified atom stereocenters. The van der Waals surface area contributed by atoms with Crippen LogP contribution in [0.4, 0.5) is 11.9 Å². The topological polar surface area (TPSA) is 80.0 Å². The summed E-state index contributed by atoms with van der Waals surface area (Å²) in [5, 5.41) is 3.17. The van der Waals surface area contributed by atoms with Crippen molar-refractivity contribution in [3.05, 3.63) is 5.28 Å². The van der Waals surface area contributed by atoms with E-state index in [2.05, 4.69) is 39.3 Å². The van der Waals surface area contributed by atoms with Crippen LogP contribution in [0, 0.1) is 0 Å². The van der Waals surface area contributed by atoms with Crippen LogP contribution < -0.4 is 11.1 Å². The fourth-order valence-electron chi connectivity index (χ4n) is 1.20. The van der Waals surface area contributed by atoms with E-state index in [9.17, 15) is 0 Å². The Morgan fingerprint density at radius 3 is 2.62 bits per heavy atom. The van der Waals surface area contributed by atoms with Crippen LogP contribution in [-0.2, 0) is 0 Å². The third-order valence-corrected chi connectivity index (χ3v) is 2.11. The second-order valence-corrected chi connectivity index (χ2v) is 4.06. The highest BCUT2D eigenvalue weighted by molar-refractivity contribution is 6.28. The number of aromatic nitrogens is 3. The van der Waals surface area contributed by atoms with Crippen molar-refractivity contribution in [1.29, 1.82) is 0 Å². The molecular formula is C9H17ClN6. The molecule has 0 amide bonds. The zero-order valence-corrected chi connectivity index (χ0v) is 10.3. The number of anilines is 2. The van der Waals surface area contributed by atoms with Crippen molar-refractivity contribution in [1.82, 2.24) is 19.9 Å². The van der Waals surface area contributed by atoms with Crippen LogP contribution in [0.3, 0.4) is 0 Å². The van der Waals surface area contributed by atoms with Crippen LogP contribution in [0.2, 0.25) is 5.28 Å². The summed E-state index contributed by atoms with van der Waals surface area (Å²) in [5.41, 5.74) is 5.44. The lowest BCUT2D eigenvalue weighted by Gasteiger charge is -2.09. The van der Waals surface area contributed by atoms with Gasteiger partial charge in [-0.15, -0.1) is 0 Å². The van der Waals surface area contributed by atoms with Gasteiger partial charge in [0.1, 0.15) is 0 Å². The van der Waals surface area contributed by atoms with Crippen molar-refractivity contribution in [2.24, 2.45) is 0 Å². The number of nitrogens with two attached hydrogens (primary N) is 1. The maximum atomic E-state index is 5.64. The molecule has 3 N–H and O–H groups in total. The molecule has 0 saturated carbocycles. The predicted octanol–water partition coefficient (Wildman–Crippen LogP) is 0.861. The van der Waals surface area contributed by atoms with Crippen molar-refractivity contribution in [3.8, 4) is 0 Å². The summed E-state index contributed by atoms with van der Waals surface area (Å²) in [4.78, 5) is 13.7. The molecule has 16 heavy (non-hydrogen) atoms. The molecule has 6 nitrogen and oxygen atoms in total. The Bertz CT molecular complexity index is 310. The number of nitrogens with one attached hydrogen (secondary N) is 1. The van der Waals surface area contributed by atoms with E-state index in [1.807, 2.05) is 0 Å². The van der Waals surface area contributed by atoms with Gasteiger partial charge in [-0.3, -0.25) is 0 Å². The van der Waals surface area contributed by atoms with Crippen LogP contribution in [0.15, 0.2) is 0 Å². The molecule has 1 aromatic rings. The second kappa shape index (κ2) is 6.44. The van der Waals surface area contributed by atoms with Gasteiger partial charge in [-0.05, 0) is 45.1 Å². The summed E-state index contributed by atoms with van der Waals surface area (Å²) in [6.07, 6.45) is 2.16. The fourth-order valence-corrected chi connectivity index (χ4v) is 1.36. The molecule has 0 aliphatic rings. The average molecular weight is 245 g/mol. The van der Waals surface area contributed by atoms with Gasteiger partial charge in [0, 0.05) is 6.54 Å². The molecule has 0 bridgehead atoms. The number of nitrogen functional groups attached to an aromatic ring is 1. The highest BCUT2D eigenvalue weighted by atomic mass is 35.5. The second-order valence-electron chi connectivity index (χ2n) is 3.72. The van der Waals surface area contributed by atoms with E-state index in [-0.39, 0.29) is 11.2 Å². The molecule has 0 radical (unpaired) electrons. The van der Waals surface area contributed by atoms with E-state index in [1.54, 1.807) is 0 Å². The minimum absolute atomic E-state index is 0.114. The van der Waals surface area contributed by atoms with Crippen LogP contribution in [0.25, 0.3) is 0 Å². The largest absolute Gasteiger partial charge is 0.368 e. The maximum absolute atomic E-state index is 5.64. The quantitative estimate of drug-likeness (QED) is 0.723. The Hall–Kier alpha value is -1.14.